The van der Waals surface area contributed by atoms with Crippen molar-refractivity contribution in [2.75, 3.05) is 5.73 Å². The molecule has 2 atom stereocenters. The molecule has 1 aliphatic carbocycles. The lowest BCUT2D eigenvalue weighted by Crippen LogP contribution is -2.32. The first-order chi connectivity index (χ1) is 12.6. The zero-order chi connectivity index (χ0) is 18.0. The van der Waals surface area contributed by atoms with Gasteiger partial charge in [0, 0.05) is 11.6 Å². The lowest BCUT2D eigenvalue weighted by molar-refractivity contribution is 0.318. The first-order valence-electron chi connectivity index (χ1n) is 8.53. The highest BCUT2D eigenvalue weighted by molar-refractivity contribution is 6.12. The minimum absolute atomic E-state index is 0.0764. The topological polar surface area (TPSA) is 114 Å². The molecule has 0 saturated heterocycles. The molecule has 7 heteroatoms. The van der Waals surface area contributed by atoms with Crippen LogP contribution in [0.3, 0.4) is 0 Å². The molecule has 0 radical (unpaired) electrons. The molecule has 3 N–H and O–H groups in total. The molecule has 0 amide bonds. The molecule has 2 unspecified atom stereocenters. The Kier molecular flexibility index (Phi) is 2.98. The van der Waals surface area contributed by atoms with Gasteiger partial charge in [0.2, 0.25) is 17.0 Å². The molecule has 1 aromatic carbocycles. The predicted molar refractivity (Wildman–Crippen MR) is 99.1 cm³/mol. The van der Waals surface area contributed by atoms with E-state index in [0.717, 1.165) is 24.1 Å². The van der Waals surface area contributed by atoms with Gasteiger partial charge in [-0.05, 0) is 42.5 Å². The molecule has 2 aliphatic rings. The number of amidine groups is 1. The standard InChI is InChI=1S/C19H16N4O3/c1-8-9-2-5-15-11(6-9)16(24)12-7-13(17(20)22-19(12)26-15)18(23-25)21-14-4-3-10(8)14/h2,5-8,10,25H,3-4H2,1H3,(H2,20,22)/b21-14+,23-18-. The number of nitrogen functional groups attached to an aromatic ring is 1. The van der Waals surface area contributed by atoms with Crippen molar-refractivity contribution in [1.82, 2.24) is 4.98 Å². The van der Waals surface area contributed by atoms with Crippen LogP contribution in [0.5, 0.6) is 0 Å². The third kappa shape index (κ3) is 1.94. The second kappa shape index (κ2) is 5.14. The Balaban J connectivity index is 1.96. The summed E-state index contributed by atoms with van der Waals surface area (Å²) in [6.07, 6.45) is 1.84. The van der Waals surface area contributed by atoms with E-state index in [1.807, 2.05) is 18.2 Å². The fourth-order valence-corrected chi connectivity index (χ4v) is 3.90. The molecular formula is C19H16N4O3. The summed E-state index contributed by atoms with van der Waals surface area (Å²) in [4.78, 5) is 21.8. The van der Waals surface area contributed by atoms with Gasteiger partial charge in [-0.25, -0.2) is 4.99 Å². The predicted octanol–water partition coefficient (Wildman–Crippen LogP) is 3.03. The van der Waals surface area contributed by atoms with Crippen molar-refractivity contribution in [1.29, 1.82) is 0 Å². The number of rotatable bonds is 0. The lowest BCUT2D eigenvalue weighted by atomic mass is 9.72. The van der Waals surface area contributed by atoms with Gasteiger partial charge < -0.3 is 15.4 Å². The molecule has 4 bridgehead atoms. The molecular weight excluding hydrogens is 332 g/mol. The van der Waals surface area contributed by atoms with Gasteiger partial charge >= 0.3 is 0 Å². The van der Waals surface area contributed by atoms with Crippen LogP contribution in [0.25, 0.3) is 22.1 Å². The monoisotopic (exact) mass is 348 g/mol. The minimum atomic E-state index is -0.181. The number of benzene rings is 1. The summed E-state index contributed by atoms with van der Waals surface area (Å²) >= 11 is 0. The molecule has 3 aromatic rings. The van der Waals surface area contributed by atoms with Crippen LogP contribution in [0.4, 0.5) is 5.82 Å². The zero-order valence-electron chi connectivity index (χ0n) is 14.1. The molecule has 5 rings (SSSR count). The Bertz CT molecular complexity index is 1210. The van der Waals surface area contributed by atoms with Gasteiger partial charge in [0.1, 0.15) is 11.4 Å². The molecule has 0 spiro atoms. The fraction of sp³-hybridized carbons (Fsp3) is 0.263. The van der Waals surface area contributed by atoms with Crippen LogP contribution >= 0.6 is 0 Å². The van der Waals surface area contributed by atoms with E-state index < -0.39 is 0 Å². The van der Waals surface area contributed by atoms with E-state index >= 15 is 0 Å². The summed E-state index contributed by atoms with van der Waals surface area (Å²) in [6.45, 7) is 2.12. The summed E-state index contributed by atoms with van der Waals surface area (Å²) in [5, 5.41) is 13.6. The number of anilines is 1. The van der Waals surface area contributed by atoms with Crippen LogP contribution in [-0.4, -0.2) is 21.7 Å². The van der Waals surface area contributed by atoms with Crippen LogP contribution in [0.2, 0.25) is 0 Å². The highest BCUT2D eigenvalue weighted by Crippen LogP contribution is 2.38. The lowest BCUT2D eigenvalue weighted by Gasteiger charge is -2.34. The number of fused-ring (bicyclic) bond motifs is 3. The summed E-state index contributed by atoms with van der Waals surface area (Å²) in [5.41, 5.74) is 8.86. The van der Waals surface area contributed by atoms with Crippen molar-refractivity contribution < 1.29 is 9.62 Å². The van der Waals surface area contributed by atoms with Gasteiger partial charge in [-0.15, -0.1) is 0 Å². The smallest absolute Gasteiger partial charge is 0.232 e. The molecule has 2 aromatic heterocycles. The van der Waals surface area contributed by atoms with E-state index in [4.69, 9.17) is 10.2 Å². The first kappa shape index (κ1) is 15.1. The molecule has 3 heterocycles. The number of aliphatic imine (C=N–C) groups is 1. The maximum absolute atomic E-state index is 13.0. The number of nitrogens with zero attached hydrogens (tertiary/aromatic N) is 3. The fourth-order valence-electron chi connectivity index (χ4n) is 3.90. The number of nitrogens with two attached hydrogens (primary N) is 1. The van der Waals surface area contributed by atoms with Crippen LogP contribution < -0.4 is 11.2 Å². The molecule has 1 fully saturated rings. The van der Waals surface area contributed by atoms with E-state index in [-0.39, 0.29) is 34.6 Å². The Morgan fingerprint density at radius 1 is 1.31 bits per heavy atom. The van der Waals surface area contributed by atoms with Crippen LogP contribution in [0.1, 0.15) is 36.8 Å². The first-order valence-corrected chi connectivity index (χ1v) is 8.53. The van der Waals surface area contributed by atoms with Crippen LogP contribution in [0, 0.1) is 5.92 Å². The Hall–Kier alpha value is -3.22. The zero-order valence-corrected chi connectivity index (χ0v) is 14.1. The Morgan fingerprint density at radius 3 is 2.88 bits per heavy atom. The maximum atomic E-state index is 13.0. The number of aromatic nitrogens is 1. The largest absolute Gasteiger partial charge is 0.437 e. The van der Waals surface area contributed by atoms with Gasteiger partial charge in [-0.3, -0.25) is 4.79 Å². The second-order valence-electron chi connectivity index (χ2n) is 6.92. The summed E-state index contributed by atoms with van der Waals surface area (Å²) in [7, 11) is 0. The number of oxime groups is 1. The summed E-state index contributed by atoms with van der Waals surface area (Å²) in [5.74, 6) is 0.606. The normalized spacial score (nSPS) is 25.3. The van der Waals surface area contributed by atoms with Crippen molar-refractivity contribution in [2.24, 2.45) is 16.1 Å². The Labute approximate surface area is 147 Å². The quantitative estimate of drug-likeness (QED) is 0.368. The van der Waals surface area contributed by atoms with Gasteiger partial charge in [-0.2, -0.15) is 4.98 Å². The average molecular weight is 348 g/mol. The second-order valence-corrected chi connectivity index (χ2v) is 6.92. The molecule has 1 aliphatic heterocycles. The van der Waals surface area contributed by atoms with Crippen molar-refractivity contribution in [3.63, 3.8) is 0 Å². The summed E-state index contributed by atoms with van der Waals surface area (Å²) < 4.78 is 5.80. The maximum Gasteiger partial charge on any atom is 0.232 e. The van der Waals surface area contributed by atoms with Crippen molar-refractivity contribution in [2.45, 2.75) is 25.7 Å². The van der Waals surface area contributed by atoms with Gasteiger partial charge in [0.15, 0.2) is 0 Å². The molecule has 7 nitrogen and oxygen atoms in total. The van der Waals surface area contributed by atoms with Gasteiger partial charge in [0.05, 0.1) is 16.3 Å². The minimum Gasteiger partial charge on any atom is -0.437 e. The van der Waals surface area contributed by atoms with E-state index in [0.29, 0.717) is 21.9 Å². The highest BCUT2D eigenvalue weighted by Gasteiger charge is 2.33. The van der Waals surface area contributed by atoms with Gasteiger partial charge in [-0.1, -0.05) is 18.1 Å². The van der Waals surface area contributed by atoms with Crippen molar-refractivity contribution >= 4 is 39.4 Å². The van der Waals surface area contributed by atoms with Gasteiger partial charge in [0.25, 0.3) is 0 Å². The van der Waals surface area contributed by atoms with E-state index in [9.17, 15) is 10.0 Å². The number of hydrogen-bond donors (Lipinski definition) is 2. The van der Waals surface area contributed by atoms with E-state index in [1.165, 1.54) is 0 Å². The SMILES string of the molecule is CC1c2ccc3oc4nc(N)c(cc4c(=O)c3c2)C(=N/O)/N=C2\CCC21. The third-order valence-electron chi connectivity index (χ3n) is 5.57. The highest BCUT2D eigenvalue weighted by atomic mass is 16.4. The third-order valence-corrected chi connectivity index (χ3v) is 5.57. The number of hydrogen-bond acceptors (Lipinski definition) is 6. The van der Waals surface area contributed by atoms with Crippen LogP contribution in [0.15, 0.2) is 43.6 Å². The van der Waals surface area contributed by atoms with Crippen molar-refractivity contribution in [3.8, 4) is 0 Å². The van der Waals surface area contributed by atoms with E-state index in [1.54, 1.807) is 6.07 Å². The Morgan fingerprint density at radius 2 is 2.15 bits per heavy atom. The average Bonchev–Trinajstić information content (AvgIpc) is 2.61. The number of pyridine rings is 1. The molecule has 26 heavy (non-hydrogen) atoms. The van der Waals surface area contributed by atoms with Crippen molar-refractivity contribution in [3.05, 3.63) is 45.6 Å². The molecule has 1 saturated carbocycles. The van der Waals surface area contributed by atoms with E-state index in [2.05, 4.69) is 22.1 Å². The summed E-state index contributed by atoms with van der Waals surface area (Å²) in [6, 6.07) is 7.24. The molecule has 130 valence electrons. The van der Waals surface area contributed by atoms with Crippen LogP contribution in [-0.2, 0) is 0 Å².